The van der Waals surface area contributed by atoms with Crippen LogP contribution in [0.4, 0.5) is 0 Å². The first-order chi connectivity index (χ1) is 8.63. The van der Waals surface area contributed by atoms with Gasteiger partial charge < -0.3 is 20.5 Å². The lowest BCUT2D eigenvalue weighted by Gasteiger charge is -2.10. The van der Waals surface area contributed by atoms with Gasteiger partial charge in [-0.2, -0.15) is 0 Å². The zero-order valence-electron chi connectivity index (χ0n) is 9.38. The molecule has 6 nitrogen and oxygen atoms in total. The molecule has 0 bridgehead atoms. The zero-order valence-corrected chi connectivity index (χ0v) is 9.38. The first-order valence-corrected chi connectivity index (χ1v) is 5.34. The summed E-state index contributed by atoms with van der Waals surface area (Å²) in [6.45, 7) is -0.649. The summed E-state index contributed by atoms with van der Waals surface area (Å²) in [5.74, 6) is -1.81. The highest BCUT2D eigenvalue weighted by Gasteiger charge is 2.21. The highest BCUT2D eigenvalue weighted by atomic mass is 16.4. The van der Waals surface area contributed by atoms with Crippen molar-refractivity contribution in [2.75, 3.05) is 6.61 Å². The minimum Gasteiger partial charge on any atom is -0.480 e. The van der Waals surface area contributed by atoms with Gasteiger partial charge in [0.25, 0.3) is 5.91 Å². The Kier molecular flexibility index (Phi) is 3.29. The van der Waals surface area contributed by atoms with E-state index in [1.165, 1.54) is 6.20 Å². The van der Waals surface area contributed by atoms with Gasteiger partial charge >= 0.3 is 5.97 Å². The molecule has 0 radical (unpaired) electrons. The third-order valence-electron chi connectivity index (χ3n) is 2.62. The van der Waals surface area contributed by atoms with Crippen LogP contribution in [0.15, 0.2) is 30.5 Å². The number of H-pyrrole nitrogens is 1. The molecule has 0 aliphatic rings. The van der Waals surface area contributed by atoms with Crippen LogP contribution in [0.1, 0.15) is 10.4 Å². The monoisotopic (exact) mass is 248 g/mol. The van der Waals surface area contributed by atoms with Crippen LogP contribution in [0.5, 0.6) is 0 Å². The number of rotatable bonds is 4. The number of carbonyl (C=O) groups excluding carboxylic acids is 1. The molecule has 0 aliphatic heterocycles. The molecule has 94 valence electrons. The summed E-state index contributed by atoms with van der Waals surface area (Å²) in [6, 6.07) is 5.88. The smallest absolute Gasteiger partial charge is 0.328 e. The van der Waals surface area contributed by atoms with Crippen LogP contribution in [-0.4, -0.2) is 39.7 Å². The number of benzene rings is 1. The van der Waals surface area contributed by atoms with Crippen LogP contribution < -0.4 is 5.32 Å². The Morgan fingerprint density at radius 1 is 1.33 bits per heavy atom. The molecule has 0 fully saturated rings. The molecule has 0 spiro atoms. The minimum absolute atomic E-state index is 0.352. The second-order valence-electron chi connectivity index (χ2n) is 3.79. The molecule has 1 heterocycles. The molecule has 0 aliphatic carbocycles. The third-order valence-corrected chi connectivity index (χ3v) is 2.62. The number of carboxylic acid groups (broad SMARTS) is 1. The minimum atomic E-state index is -1.30. The van der Waals surface area contributed by atoms with Crippen LogP contribution in [-0.2, 0) is 4.79 Å². The van der Waals surface area contributed by atoms with Crippen molar-refractivity contribution in [3.05, 3.63) is 36.0 Å². The summed E-state index contributed by atoms with van der Waals surface area (Å²) in [4.78, 5) is 25.5. The number of carboxylic acids is 1. The number of aliphatic hydroxyl groups excluding tert-OH is 1. The van der Waals surface area contributed by atoms with Gasteiger partial charge in [-0.1, -0.05) is 18.2 Å². The molecule has 1 aromatic heterocycles. The Labute approximate surface area is 102 Å². The summed E-state index contributed by atoms with van der Waals surface area (Å²) in [6.07, 6.45) is 1.51. The molecule has 6 heteroatoms. The molecule has 0 saturated heterocycles. The van der Waals surface area contributed by atoms with E-state index in [-0.39, 0.29) is 0 Å². The van der Waals surface area contributed by atoms with Crippen molar-refractivity contribution in [3.63, 3.8) is 0 Å². The molecule has 0 unspecified atom stereocenters. The van der Waals surface area contributed by atoms with Crippen molar-refractivity contribution in [1.29, 1.82) is 0 Å². The fourth-order valence-corrected chi connectivity index (χ4v) is 1.68. The Morgan fingerprint density at radius 2 is 2.06 bits per heavy atom. The lowest BCUT2D eigenvalue weighted by molar-refractivity contribution is -0.140. The summed E-state index contributed by atoms with van der Waals surface area (Å²) < 4.78 is 0. The molecular formula is C12H12N2O4. The van der Waals surface area contributed by atoms with Crippen molar-refractivity contribution < 1.29 is 19.8 Å². The van der Waals surface area contributed by atoms with Gasteiger partial charge in [0.2, 0.25) is 0 Å². The second kappa shape index (κ2) is 4.89. The van der Waals surface area contributed by atoms with Crippen LogP contribution in [0.2, 0.25) is 0 Å². The van der Waals surface area contributed by atoms with Crippen molar-refractivity contribution in [2.45, 2.75) is 6.04 Å². The van der Waals surface area contributed by atoms with Gasteiger partial charge in [0, 0.05) is 17.1 Å². The average molecular weight is 248 g/mol. The topological polar surface area (TPSA) is 102 Å². The van der Waals surface area contributed by atoms with Gasteiger partial charge in [0.05, 0.1) is 12.2 Å². The van der Waals surface area contributed by atoms with Crippen LogP contribution in [0.3, 0.4) is 0 Å². The quantitative estimate of drug-likeness (QED) is 0.626. The van der Waals surface area contributed by atoms with E-state index in [0.29, 0.717) is 10.9 Å². The first-order valence-electron chi connectivity index (χ1n) is 5.34. The normalized spacial score (nSPS) is 12.3. The Bertz CT molecular complexity index is 591. The lowest BCUT2D eigenvalue weighted by atomic mass is 10.1. The van der Waals surface area contributed by atoms with Crippen LogP contribution in [0.25, 0.3) is 10.9 Å². The Balaban J connectivity index is 2.26. The van der Waals surface area contributed by atoms with E-state index in [4.69, 9.17) is 10.2 Å². The number of aromatic nitrogens is 1. The summed E-state index contributed by atoms with van der Waals surface area (Å²) in [5, 5.41) is 20.6. The molecule has 2 aromatic rings. The predicted octanol–water partition coefficient (Wildman–Crippen LogP) is 0.343. The standard InChI is InChI=1S/C12H12N2O4/c15-6-10(12(17)18)14-11(16)8-5-13-9-4-2-1-3-7(8)9/h1-5,10,13,15H,6H2,(H,14,16)(H,17,18)/t10-/m0/s1. The Morgan fingerprint density at radius 3 is 2.72 bits per heavy atom. The Hall–Kier alpha value is -2.34. The van der Waals surface area contributed by atoms with Crippen LogP contribution in [0, 0.1) is 0 Å². The molecule has 1 atom stereocenters. The average Bonchev–Trinajstić information content (AvgIpc) is 2.79. The van der Waals surface area contributed by atoms with Gasteiger partial charge in [0.15, 0.2) is 6.04 Å². The number of aliphatic hydroxyl groups is 1. The number of aromatic amines is 1. The molecule has 4 N–H and O–H groups in total. The molecule has 18 heavy (non-hydrogen) atoms. The van der Waals surface area contributed by atoms with Gasteiger partial charge in [-0.15, -0.1) is 0 Å². The zero-order chi connectivity index (χ0) is 13.1. The van der Waals surface area contributed by atoms with Crippen LogP contribution >= 0.6 is 0 Å². The highest BCUT2D eigenvalue weighted by Crippen LogP contribution is 2.17. The predicted molar refractivity (Wildman–Crippen MR) is 64.3 cm³/mol. The van der Waals surface area contributed by atoms with Gasteiger partial charge in [-0.3, -0.25) is 4.79 Å². The molecule has 1 aromatic carbocycles. The highest BCUT2D eigenvalue weighted by molar-refractivity contribution is 6.07. The summed E-state index contributed by atoms with van der Waals surface area (Å²) in [5.41, 5.74) is 1.14. The SMILES string of the molecule is O=C(N[C@@H](CO)C(=O)O)c1c[nH]c2ccccc12. The van der Waals surface area contributed by atoms with E-state index < -0.39 is 24.5 Å². The number of para-hydroxylation sites is 1. The summed E-state index contributed by atoms with van der Waals surface area (Å²) >= 11 is 0. The van der Waals surface area contributed by atoms with Crippen molar-refractivity contribution in [3.8, 4) is 0 Å². The number of aliphatic carboxylic acids is 1. The van der Waals surface area contributed by atoms with E-state index in [9.17, 15) is 9.59 Å². The number of fused-ring (bicyclic) bond motifs is 1. The fourth-order valence-electron chi connectivity index (χ4n) is 1.68. The van der Waals surface area contributed by atoms with E-state index in [2.05, 4.69) is 10.3 Å². The van der Waals surface area contributed by atoms with Gasteiger partial charge in [0.1, 0.15) is 0 Å². The number of hydrogen-bond donors (Lipinski definition) is 4. The molecule has 2 rings (SSSR count). The number of carbonyl (C=O) groups is 2. The van der Waals surface area contributed by atoms with E-state index in [1.54, 1.807) is 12.1 Å². The lowest BCUT2D eigenvalue weighted by Crippen LogP contribution is -2.43. The maximum Gasteiger partial charge on any atom is 0.328 e. The van der Waals surface area contributed by atoms with E-state index >= 15 is 0 Å². The fraction of sp³-hybridized carbons (Fsp3) is 0.167. The summed E-state index contributed by atoms with van der Waals surface area (Å²) in [7, 11) is 0. The number of amides is 1. The first kappa shape index (κ1) is 12.1. The maximum absolute atomic E-state index is 11.9. The molecule has 1 amide bonds. The number of nitrogens with one attached hydrogen (secondary N) is 2. The van der Waals surface area contributed by atoms with E-state index in [0.717, 1.165) is 5.52 Å². The third kappa shape index (κ3) is 2.18. The maximum atomic E-state index is 11.9. The molecule has 0 saturated carbocycles. The van der Waals surface area contributed by atoms with Crippen molar-refractivity contribution in [2.24, 2.45) is 0 Å². The van der Waals surface area contributed by atoms with Gasteiger partial charge in [-0.05, 0) is 6.07 Å². The number of hydrogen-bond acceptors (Lipinski definition) is 3. The van der Waals surface area contributed by atoms with Gasteiger partial charge in [-0.25, -0.2) is 4.79 Å². The van der Waals surface area contributed by atoms with E-state index in [1.807, 2.05) is 12.1 Å². The second-order valence-corrected chi connectivity index (χ2v) is 3.79. The largest absolute Gasteiger partial charge is 0.480 e. The van der Waals surface area contributed by atoms with Crippen molar-refractivity contribution in [1.82, 2.24) is 10.3 Å². The van der Waals surface area contributed by atoms with Crippen molar-refractivity contribution >= 4 is 22.8 Å². The molecular weight excluding hydrogens is 236 g/mol.